The number of H-pyrrole nitrogens is 1. The highest BCUT2D eigenvalue weighted by atomic mass is 127. The first-order valence-electron chi connectivity index (χ1n) is 7.09. The van der Waals surface area contributed by atoms with Crippen LogP contribution in [0.2, 0.25) is 0 Å². The molecule has 2 N–H and O–H groups in total. The fourth-order valence-electron chi connectivity index (χ4n) is 2.07. The molecule has 3 aromatic rings. The number of aromatic amines is 1. The standard InChI is InChI=1S/C17H14FIN4O/c1-23(16-5-2-11-6-8-21-17(11)22-16)9-7-15(20)24-12-3-4-14(19)13(18)10-12/h2-10,20H,1H3,(H,21,22)/b9-7-,20-15?. The van der Waals surface area contributed by atoms with Crippen LogP contribution in [-0.4, -0.2) is 22.9 Å². The van der Waals surface area contributed by atoms with Crippen molar-refractivity contribution >= 4 is 45.3 Å². The summed E-state index contributed by atoms with van der Waals surface area (Å²) in [6, 6.07) is 10.3. The third-order valence-electron chi connectivity index (χ3n) is 3.32. The van der Waals surface area contributed by atoms with Crippen LogP contribution in [-0.2, 0) is 0 Å². The summed E-state index contributed by atoms with van der Waals surface area (Å²) in [6.07, 6.45) is 4.99. The normalized spacial score (nSPS) is 11.1. The average Bonchev–Trinajstić information content (AvgIpc) is 3.03. The molecule has 0 aliphatic rings. The number of ether oxygens (including phenoxy) is 1. The maximum atomic E-state index is 13.5. The third-order valence-corrected chi connectivity index (χ3v) is 4.20. The molecule has 2 aromatic heterocycles. The summed E-state index contributed by atoms with van der Waals surface area (Å²) in [5.41, 5.74) is 0.799. The van der Waals surface area contributed by atoms with Crippen LogP contribution < -0.4 is 9.64 Å². The fraction of sp³-hybridized carbons (Fsp3) is 0.0588. The van der Waals surface area contributed by atoms with Gasteiger partial charge in [0.1, 0.15) is 23.0 Å². The molecule has 0 unspecified atom stereocenters. The Bertz CT molecular complexity index is 922. The van der Waals surface area contributed by atoms with Crippen LogP contribution in [0.15, 0.2) is 54.9 Å². The van der Waals surface area contributed by atoms with E-state index in [1.165, 1.54) is 12.1 Å². The molecule has 0 spiro atoms. The molecule has 0 fully saturated rings. The highest BCUT2D eigenvalue weighted by Crippen LogP contribution is 2.19. The number of hydrogen-bond acceptors (Lipinski definition) is 4. The van der Waals surface area contributed by atoms with Gasteiger partial charge in [-0.05, 0) is 52.9 Å². The van der Waals surface area contributed by atoms with Gasteiger partial charge in [-0.3, -0.25) is 5.41 Å². The smallest absolute Gasteiger partial charge is 0.213 e. The second kappa shape index (κ2) is 7.00. The van der Waals surface area contributed by atoms with E-state index in [-0.39, 0.29) is 17.5 Å². The molecular formula is C17H14FIN4O. The van der Waals surface area contributed by atoms with E-state index in [1.54, 1.807) is 23.2 Å². The number of benzene rings is 1. The van der Waals surface area contributed by atoms with Crippen molar-refractivity contribution in [1.29, 1.82) is 5.41 Å². The van der Waals surface area contributed by atoms with Crippen LogP contribution >= 0.6 is 22.6 Å². The molecule has 5 nitrogen and oxygen atoms in total. The maximum Gasteiger partial charge on any atom is 0.213 e. The second-order valence-electron chi connectivity index (χ2n) is 5.05. The van der Waals surface area contributed by atoms with Crippen molar-refractivity contribution in [2.75, 3.05) is 11.9 Å². The van der Waals surface area contributed by atoms with Gasteiger partial charge in [-0.15, -0.1) is 0 Å². The zero-order chi connectivity index (χ0) is 17.1. The SMILES string of the molecule is CN(/C=C\C(=N)Oc1ccc(I)c(F)c1)c1ccc2cc[nH]c2n1. The Kier molecular flexibility index (Phi) is 4.79. The largest absolute Gasteiger partial charge is 0.439 e. The number of halogens is 2. The molecule has 0 saturated heterocycles. The minimum Gasteiger partial charge on any atom is -0.439 e. The summed E-state index contributed by atoms with van der Waals surface area (Å²) in [7, 11) is 1.82. The summed E-state index contributed by atoms with van der Waals surface area (Å²) < 4.78 is 19.3. The molecule has 0 atom stereocenters. The first kappa shape index (κ1) is 16.4. The van der Waals surface area contributed by atoms with E-state index in [2.05, 4.69) is 9.97 Å². The van der Waals surface area contributed by atoms with Crippen LogP contribution in [0, 0.1) is 14.8 Å². The van der Waals surface area contributed by atoms with Crippen LogP contribution in [0.25, 0.3) is 11.0 Å². The maximum absolute atomic E-state index is 13.5. The Hall–Kier alpha value is -2.42. The predicted octanol–water partition coefficient (Wildman–Crippen LogP) is 4.31. The first-order valence-corrected chi connectivity index (χ1v) is 8.17. The van der Waals surface area contributed by atoms with Gasteiger partial charge in [0.05, 0.1) is 0 Å². The number of aromatic nitrogens is 2. The summed E-state index contributed by atoms with van der Waals surface area (Å²) in [5, 5.41) is 8.86. The highest BCUT2D eigenvalue weighted by molar-refractivity contribution is 14.1. The van der Waals surface area contributed by atoms with Gasteiger partial charge >= 0.3 is 0 Å². The fourth-order valence-corrected chi connectivity index (χ4v) is 2.41. The topological polar surface area (TPSA) is 65.0 Å². The van der Waals surface area contributed by atoms with Crippen molar-refractivity contribution in [2.24, 2.45) is 0 Å². The molecule has 1 aromatic carbocycles. The van der Waals surface area contributed by atoms with Gasteiger partial charge in [-0.1, -0.05) is 0 Å². The summed E-state index contributed by atoms with van der Waals surface area (Å²) in [5.74, 6) is 0.555. The summed E-state index contributed by atoms with van der Waals surface area (Å²) >= 11 is 1.90. The highest BCUT2D eigenvalue weighted by Gasteiger charge is 2.05. The van der Waals surface area contributed by atoms with E-state index in [9.17, 15) is 4.39 Å². The average molecular weight is 436 g/mol. The van der Waals surface area contributed by atoms with Crippen molar-refractivity contribution < 1.29 is 9.13 Å². The molecule has 7 heteroatoms. The molecule has 2 heterocycles. The molecule has 0 radical (unpaired) electrons. The zero-order valence-corrected chi connectivity index (χ0v) is 14.9. The number of anilines is 1. The molecule has 0 aliphatic carbocycles. The van der Waals surface area contributed by atoms with Gasteiger partial charge in [-0.25, -0.2) is 9.37 Å². The van der Waals surface area contributed by atoms with E-state index < -0.39 is 0 Å². The molecule has 0 amide bonds. The lowest BCUT2D eigenvalue weighted by atomic mass is 10.3. The number of nitrogens with one attached hydrogen (secondary N) is 2. The van der Waals surface area contributed by atoms with Gasteiger partial charge in [0.2, 0.25) is 5.90 Å². The Morgan fingerprint density at radius 1 is 1.33 bits per heavy atom. The second-order valence-corrected chi connectivity index (χ2v) is 6.22. The molecule has 0 saturated carbocycles. The zero-order valence-electron chi connectivity index (χ0n) is 12.8. The number of hydrogen-bond donors (Lipinski definition) is 2. The summed E-state index contributed by atoms with van der Waals surface area (Å²) in [6.45, 7) is 0. The van der Waals surface area contributed by atoms with E-state index >= 15 is 0 Å². The van der Waals surface area contributed by atoms with Crippen LogP contribution in [0.1, 0.15) is 0 Å². The van der Waals surface area contributed by atoms with Crippen molar-refractivity contribution in [1.82, 2.24) is 9.97 Å². The lowest BCUT2D eigenvalue weighted by Gasteiger charge is -2.13. The van der Waals surface area contributed by atoms with Crippen LogP contribution in [0.4, 0.5) is 10.2 Å². The predicted molar refractivity (Wildman–Crippen MR) is 101 cm³/mol. The van der Waals surface area contributed by atoms with Gasteiger partial charge < -0.3 is 14.6 Å². The molecule has 122 valence electrons. The minimum absolute atomic E-state index is 0.0941. The Balaban J connectivity index is 1.67. The lowest BCUT2D eigenvalue weighted by Crippen LogP contribution is -2.12. The molecule has 3 rings (SSSR count). The van der Waals surface area contributed by atoms with Crippen molar-refractivity contribution in [3.63, 3.8) is 0 Å². The molecular weight excluding hydrogens is 422 g/mol. The molecule has 0 aliphatic heterocycles. The Morgan fingerprint density at radius 2 is 2.17 bits per heavy atom. The Morgan fingerprint density at radius 3 is 2.96 bits per heavy atom. The van der Waals surface area contributed by atoms with Crippen molar-refractivity contribution in [2.45, 2.75) is 0 Å². The van der Waals surface area contributed by atoms with E-state index in [0.29, 0.717) is 3.57 Å². The van der Waals surface area contributed by atoms with Crippen molar-refractivity contribution in [3.05, 3.63) is 64.3 Å². The van der Waals surface area contributed by atoms with Crippen LogP contribution in [0.5, 0.6) is 5.75 Å². The van der Waals surface area contributed by atoms with E-state index in [4.69, 9.17) is 10.1 Å². The number of nitrogens with zero attached hydrogens (tertiary/aromatic N) is 2. The Labute approximate surface area is 151 Å². The number of pyridine rings is 1. The third kappa shape index (κ3) is 3.73. The van der Waals surface area contributed by atoms with Gasteiger partial charge in [0.15, 0.2) is 0 Å². The number of fused-ring (bicyclic) bond motifs is 1. The first-order chi connectivity index (χ1) is 11.5. The molecule has 24 heavy (non-hydrogen) atoms. The minimum atomic E-state index is -0.370. The van der Waals surface area contributed by atoms with Gasteiger partial charge in [0, 0.05) is 40.5 Å². The van der Waals surface area contributed by atoms with Gasteiger partial charge in [-0.2, -0.15) is 0 Å². The quantitative estimate of drug-likeness (QED) is 0.364. The lowest BCUT2D eigenvalue weighted by molar-refractivity contribution is 0.537. The van der Waals surface area contributed by atoms with E-state index in [0.717, 1.165) is 16.9 Å². The van der Waals surface area contributed by atoms with E-state index in [1.807, 2.05) is 54.0 Å². The monoisotopic (exact) mass is 436 g/mol. The van der Waals surface area contributed by atoms with Crippen LogP contribution in [0.3, 0.4) is 0 Å². The number of rotatable bonds is 4. The van der Waals surface area contributed by atoms with Gasteiger partial charge in [0.25, 0.3) is 0 Å². The van der Waals surface area contributed by atoms with Crippen molar-refractivity contribution in [3.8, 4) is 5.75 Å². The molecule has 0 bridgehead atoms. The summed E-state index contributed by atoms with van der Waals surface area (Å²) in [4.78, 5) is 9.30.